The summed E-state index contributed by atoms with van der Waals surface area (Å²) in [6, 6.07) is 4.36. The van der Waals surface area contributed by atoms with Crippen molar-refractivity contribution in [2.75, 3.05) is 5.32 Å². The van der Waals surface area contributed by atoms with Gasteiger partial charge < -0.3 is 15.8 Å². The molecule has 2 aromatic carbocycles. The van der Waals surface area contributed by atoms with Gasteiger partial charge in [-0.25, -0.2) is 9.18 Å². The highest BCUT2D eigenvalue weighted by Gasteiger charge is 2.30. The van der Waals surface area contributed by atoms with Crippen LogP contribution in [0.3, 0.4) is 0 Å². The van der Waals surface area contributed by atoms with Crippen LogP contribution in [-0.2, 0) is 11.0 Å². The summed E-state index contributed by atoms with van der Waals surface area (Å²) in [5.41, 5.74) is 4.55. The van der Waals surface area contributed by atoms with Crippen molar-refractivity contribution in [1.82, 2.24) is 0 Å². The van der Waals surface area contributed by atoms with Crippen molar-refractivity contribution in [2.24, 2.45) is 11.7 Å². The van der Waals surface area contributed by atoms with Crippen LogP contribution in [0.5, 0.6) is 5.75 Å². The van der Waals surface area contributed by atoms with Gasteiger partial charge in [-0.1, -0.05) is 25.4 Å². The number of nitrogens with one attached hydrogen (secondary N) is 1. The summed E-state index contributed by atoms with van der Waals surface area (Å²) in [4.78, 5) is 24.6. The molecule has 29 heavy (non-hydrogen) atoms. The second-order valence-corrected chi connectivity index (χ2v) is 6.89. The van der Waals surface area contributed by atoms with Crippen LogP contribution in [0.1, 0.15) is 29.8 Å². The zero-order valence-electron chi connectivity index (χ0n) is 15.3. The fourth-order valence-electron chi connectivity index (χ4n) is 2.18. The maximum Gasteiger partial charge on any atom is 0.416 e. The quantitative estimate of drug-likeness (QED) is 0.410. The molecule has 3 N–H and O–H groups in total. The lowest BCUT2D eigenvalue weighted by Crippen LogP contribution is -2.39. The van der Waals surface area contributed by atoms with E-state index in [-0.39, 0.29) is 17.2 Å². The molecule has 0 bridgehead atoms. The third-order valence-electron chi connectivity index (χ3n) is 3.94. The van der Waals surface area contributed by atoms with Crippen LogP contribution >= 0.6 is 11.6 Å². The Morgan fingerprint density at radius 3 is 2.24 bits per heavy atom. The van der Waals surface area contributed by atoms with Gasteiger partial charge in [-0.15, -0.1) is 0 Å². The average molecular weight is 433 g/mol. The number of alkyl halides is 3. The van der Waals surface area contributed by atoms with Crippen molar-refractivity contribution in [3.63, 3.8) is 0 Å². The summed E-state index contributed by atoms with van der Waals surface area (Å²) < 4.78 is 56.8. The standard InChI is InChI=1S/C19H17ClF4N2O3/c1-9(2)16(25)18(28)29-15-8-14(21)13(20)7-12(15)17(27)26-11-5-3-10(4-6-11)19(22,23)24/h3-9,16H,25H2,1-2H3,(H,26,27)/t16-/m0/s1. The minimum Gasteiger partial charge on any atom is -0.424 e. The topological polar surface area (TPSA) is 81.4 Å². The number of rotatable bonds is 5. The first kappa shape index (κ1) is 22.6. The van der Waals surface area contributed by atoms with Crippen LogP contribution in [0.25, 0.3) is 0 Å². The van der Waals surface area contributed by atoms with Crippen LogP contribution in [0.2, 0.25) is 5.02 Å². The number of amides is 1. The smallest absolute Gasteiger partial charge is 0.416 e. The third kappa shape index (κ3) is 5.68. The van der Waals surface area contributed by atoms with Gasteiger partial charge in [0.1, 0.15) is 17.6 Å². The first-order valence-electron chi connectivity index (χ1n) is 8.35. The van der Waals surface area contributed by atoms with Crippen LogP contribution in [0.4, 0.5) is 23.2 Å². The third-order valence-corrected chi connectivity index (χ3v) is 4.23. The molecule has 0 radical (unpaired) electrons. The predicted molar refractivity (Wildman–Crippen MR) is 99.3 cm³/mol. The van der Waals surface area contributed by atoms with E-state index >= 15 is 0 Å². The molecule has 10 heteroatoms. The van der Waals surface area contributed by atoms with Crippen molar-refractivity contribution < 1.29 is 31.9 Å². The molecule has 0 aliphatic heterocycles. The van der Waals surface area contributed by atoms with Gasteiger partial charge >= 0.3 is 12.1 Å². The van der Waals surface area contributed by atoms with E-state index in [2.05, 4.69) is 5.32 Å². The lowest BCUT2D eigenvalue weighted by Gasteiger charge is -2.16. The summed E-state index contributed by atoms with van der Waals surface area (Å²) in [5.74, 6) is -3.38. The molecule has 5 nitrogen and oxygen atoms in total. The van der Waals surface area contributed by atoms with Crippen molar-refractivity contribution >= 4 is 29.2 Å². The van der Waals surface area contributed by atoms with Crippen molar-refractivity contribution in [3.8, 4) is 5.75 Å². The van der Waals surface area contributed by atoms with E-state index in [1.54, 1.807) is 13.8 Å². The summed E-state index contributed by atoms with van der Waals surface area (Å²) in [5, 5.41) is 1.93. The number of carbonyl (C=O) groups excluding carboxylic acids is 2. The Morgan fingerprint density at radius 1 is 1.14 bits per heavy atom. The highest BCUT2D eigenvalue weighted by molar-refractivity contribution is 6.31. The number of benzene rings is 2. The number of ether oxygens (including phenoxy) is 1. The molecule has 156 valence electrons. The van der Waals surface area contributed by atoms with Crippen molar-refractivity contribution in [3.05, 3.63) is 58.4 Å². The molecule has 1 atom stereocenters. The summed E-state index contributed by atoms with van der Waals surface area (Å²) in [6.07, 6.45) is -4.52. The number of esters is 1. The van der Waals surface area contributed by atoms with Gasteiger partial charge in [-0.3, -0.25) is 4.79 Å². The molecular weight excluding hydrogens is 416 g/mol. The molecule has 1 amide bonds. The Morgan fingerprint density at radius 2 is 1.72 bits per heavy atom. The molecule has 0 aliphatic rings. The fourth-order valence-corrected chi connectivity index (χ4v) is 2.34. The molecular formula is C19H17ClF4N2O3. The summed E-state index contributed by atoms with van der Waals surface area (Å²) in [6.45, 7) is 3.35. The molecule has 0 saturated carbocycles. The fraction of sp³-hybridized carbons (Fsp3) is 0.263. The minimum absolute atomic E-state index is 0.0413. The molecule has 0 spiro atoms. The van der Waals surface area contributed by atoms with Crippen molar-refractivity contribution in [2.45, 2.75) is 26.1 Å². The highest BCUT2D eigenvalue weighted by Crippen LogP contribution is 2.31. The average Bonchev–Trinajstić information content (AvgIpc) is 2.63. The summed E-state index contributed by atoms with van der Waals surface area (Å²) in [7, 11) is 0. The van der Waals surface area contributed by atoms with E-state index in [0.29, 0.717) is 0 Å². The monoisotopic (exact) mass is 432 g/mol. The lowest BCUT2D eigenvalue weighted by molar-refractivity contribution is -0.138. The van der Waals surface area contributed by atoms with Crippen LogP contribution in [-0.4, -0.2) is 17.9 Å². The highest BCUT2D eigenvalue weighted by atomic mass is 35.5. The Balaban J connectivity index is 2.29. The number of nitrogens with two attached hydrogens (primary N) is 1. The molecule has 0 fully saturated rings. The molecule has 0 heterocycles. The number of carbonyl (C=O) groups is 2. The molecule has 0 unspecified atom stereocenters. The van der Waals surface area contributed by atoms with E-state index in [9.17, 15) is 27.2 Å². The zero-order valence-corrected chi connectivity index (χ0v) is 16.1. The summed E-state index contributed by atoms with van der Waals surface area (Å²) >= 11 is 5.71. The van der Waals surface area contributed by atoms with Crippen LogP contribution in [0.15, 0.2) is 36.4 Å². The van der Waals surface area contributed by atoms with E-state index in [1.807, 2.05) is 0 Å². The van der Waals surface area contributed by atoms with E-state index in [4.69, 9.17) is 22.1 Å². The van der Waals surface area contributed by atoms with Gasteiger partial charge in [0.2, 0.25) is 0 Å². The van der Waals surface area contributed by atoms with Gasteiger partial charge in [0.25, 0.3) is 5.91 Å². The molecule has 2 rings (SSSR count). The van der Waals surface area contributed by atoms with E-state index in [1.165, 1.54) is 0 Å². The number of hydrogen-bond acceptors (Lipinski definition) is 4. The maximum absolute atomic E-state index is 13.8. The number of hydrogen-bond donors (Lipinski definition) is 2. The van der Waals surface area contributed by atoms with E-state index < -0.39 is 46.2 Å². The first-order chi connectivity index (χ1) is 13.4. The molecule has 0 aliphatic carbocycles. The van der Waals surface area contributed by atoms with Crippen molar-refractivity contribution in [1.29, 1.82) is 0 Å². The normalized spacial score (nSPS) is 12.6. The van der Waals surface area contributed by atoms with Gasteiger partial charge in [-0.2, -0.15) is 13.2 Å². The molecule has 0 aromatic heterocycles. The zero-order chi connectivity index (χ0) is 21.9. The number of anilines is 1. The SMILES string of the molecule is CC(C)[C@H](N)C(=O)Oc1cc(F)c(Cl)cc1C(=O)Nc1ccc(C(F)(F)F)cc1. The van der Waals surface area contributed by atoms with Gasteiger partial charge in [0, 0.05) is 11.8 Å². The Hall–Kier alpha value is -2.65. The van der Waals surface area contributed by atoms with Gasteiger partial charge in [0.05, 0.1) is 16.1 Å². The second-order valence-electron chi connectivity index (χ2n) is 6.48. The largest absolute Gasteiger partial charge is 0.424 e. The maximum atomic E-state index is 13.8. The first-order valence-corrected chi connectivity index (χ1v) is 8.73. The second kappa shape index (κ2) is 8.79. The minimum atomic E-state index is -4.52. The van der Waals surface area contributed by atoms with Gasteiger partial charge in [-0.05, 0) is 36.2 Å². The number of halogens is 5. The Bertz CT molecular complexity index is 915. The van der Waals surface area contributed by atoms with Crippen LogP contribution in [0, 0.1) is 11.7 Å². The van der Waals surface area contributed by atoms with Gasteiger partial charge in [0.15, 0.2) is 0 Å². The Kier molecular flexibility index (Phi) is 6.86. The molecule has 2 aromatic rings. The predicted octanol–water partition coefficient (Wildman–Crippen LogP) is 4.64. The van der Waals surface area contributed by atoms with E-state index in [0.717, 1.165) is 36.4 Å². The lowest BCUT2D eigenvalue weighted by atomic mass is 10.1. The molecule has 0 saturated heterocycles. The Labute approximate surface area is 168 Å². The van der Waals surface area contributed by atoms with Crippen LogP contribution < -0.4 is 15.8 Å².